The third kappa shape index (κ3) is 3.97. The van der Waals surface area contributed by atoms with Gasteiger partial charge in [-0.15, -0.1) is 0 Å². The van der Waals surface area contributed by atoms with Gasteiger partial charge in [-0.25, -0.2) is 9.59 Å². The zero-order valence-electron chi connectivity index (χ0n) is 14.7. The highest BCUT2D eigenvalue weighted by Crippen LogP contribution is 2.31. The second-order valence-electron chi connectivity index (χ2n) is 6.21. The SMILES string of the molecule is O=C1OC(c2ccc(Cl)cc2)=C/C1=C\c1ccc(-c2ccc(Cl)c(C(=O)O)c2)o1. The summed E-state index contributed by atoms with van der Waals surface area (Å²) in [5, 5.41) is 9.94. The predicted molar refractivity (Wildman–Crippen MR) is 110 cm³/mol. The Bertz CT molecular complexity index is 1190. The van der Waals surface area contributed by atoms with Crippen molar-refractivity contribution in [2.75, 3.05) is 0 Å². The van der Waals surface area contributed by atoms with E-state index in [1.54, 1.807) is 54.6 Å². The molecule has 0 atom stereocenters. The molecule has 3 aromatic rings. The number of hydrogen-bond acceptors (Lipinski definition) is 4. The molecule has 5 nitrogen and oxygen atoms in total. The molecule has 29 heavy (non-hydrogen) atoms. The lowest BCUT2D eigenvalue weighted by Crippen LogP contribution is -1.97. The van der Waals surface area contributed by atoms with Crippen LogP contribution in [0.3, 0.4) is 0 Å². The van der Waals surface area contributed by atoms with Gasteiger partial charge in [-0.2, -0.15) is 0 Å². The van der Waals surface area contributed by atoms with E-state index < -0.39 is 11.9 Å². The topological polar surface area (TPSA) is 76.7 Å². The zero-order chi connectivity index (χ0) is 20.5. The van der Waals surface area contributed by atoms with E-state index in [0.717, 1.165) is 5.56 Å². The number of cyclic esters (lactones) is 1. The molecule has 0 saturated carbocycles. The van der Waals surface area contributed by atoms with Crippen LogP contribution in [-0.2, 0) is 9.53 Å². The van der Waals surface area contributed by atoms with Gasteiger partial charge in [0.25, 0.3) is 0 Å². The zero-order valence-corrected chi connectivity index (χ0v) is 16.2. The third-order valence-electron chi connectivity index (χ3n) is 4.26. The summed E-state index contributed by atoms with van der Waals surface area (Å²) in [6.07, 6.45) is 3.18. The first-order valence-corrected chi connectivity index (χ1v) is 9.21. The van der Waals surface area contributed by atoms with E-state index >= 15 is 0 Å². The number of ether oxygens (including phenoxy) is 1. The van der Waals surface area contributed by atoms with E-state index in [2.05, 4.69) is 0 Å². The minimum Gasteiger partial charge on any atom is -0.478 e. The maximum Gasteiger partial charge on any atom is 0.343 e. The largest absolute Gasteiger partial charge is 0.478 e. The third-order valence-corrected chi connectivity index (χ3v) is 4.84. The van der Waals surface area contributed by atoms with Gasteiger partial charge in [0.05, 0.1) is 16.2 Å². The first kappa shape index (κ1) is 19.1. The number of carboxylic acid groups (broad SMARTS) is 1. The van der Waals surface area contributed by atoms with Gasteiger partial charge in [-0.3, -0.25) is 0 Å². The molecule has 0 amide bonds. The van der Waals surface area contributed by atoms with Crippen LogP contribution >= 0.6 is 23.2 Å². The fourth-order valence-corrected chi connectivity index (χ4v) is 3.15. The van der Waals surface area contributed by atoms with Crippen molar-refractivity contribution in [3.63, 3.8) is 0 Å². The van der Waals surface area contributed by atoms with Crippen molar-refractivity contribution in [2.24, 2.45) is 0 Å². The van der Waals surface area contributed by atoms with Crippen LogP contribution in [0, 0.1) is 0 Å². The summed E-state index contributed by atoms with van der Waals surface area (Å²) >= 11 is 11.8. The van der Waals surface area contributed by atoms with E-state index in [-0.39, 0.29) is 10.6 Å². The van der Waals surface area contributed by atoms with E-state index in [4.69, 9.17) is 32.4 Å². The van der Waals surface area contributed by atoms with Gasteiger partial charge in [0.15, 0.2) is 0 Å². The lowest BCUT2D eigenvalue weighted by molar-refractivity contribution is -0.130. The van der Waals surface area contributed by atoms with E-state index in [9.17, 15) is 14.7 Å². The summed E-state index contributed by atoms with van der Waals surface area (Å²) in [7, 11) is 0. The van der Waals surface area contributed by atoms with Crippen molar-refractivity contribution in [3.8, 4) is 11.3 Å². The fraction of sp³-hybridized carbons (Fsp3) is 0. The molecular weight excluding hydrogens is 415 g/mol. The molecule has 1 N–H and O–H groups in total. The van der Waals surface area contributed by atoms with E-state index in [1.165, 1.54) is 12.1 Å². The lowest BCUT2D eigenvalue weighted by Gasteiger charge is -2.02. The first-order chi connectivity index (χ1) is 13.9. The van der Waals surface area contributed by atoms with Gasteiger partial charge in [-0.1, -0.05) is 23.2 Å². The second-order valence-corrected chi connectivity index (χ2v) is 7.05. The van der Waals surface area contributed by atoms with Crippen molar-refractivity contribution >= 4 is 47.0 Å². The standard InChI is InChI=1S/C22H12Cl2O5/c23-15-4-1-12(2-5-15)20-11-14(22(27)29-20)9-16-6-8-19(28-16)13-3-7-18(24)17(10-13)21(25)26/h1-11H,(H,25,26)/b14-9+. The molecule has 0 bridgehead atoms. The van der Waals surface area contributed by atoms with Gasteiger partial charge in [0, 0.05) is 16.1 Å². The van der Waals surface area contributed by atoms with Crippen LogP contribution in [0.4, 0.5) is 0 Å². The van der Waals surface area contributed by atoms with Crippen LogP contribution in [0.2, 0.25) is 10.0 Å². The Morgan fingerprint density at radius 2 is 1.69 bits per heavy atom. The Kier molecular flexibility index (Phi) is 5.01. The molecule has 0 fully saturated rings. The monoisotopic (exact) mass is 426 g/mol. The molecule has 2 aromatic carbocycles. The molecule has 1 aromatic heterocycles. The lowest BCUT2D eigenvalue weighted by atomic mass is 10.1. The molecule has 2 heterocycles. The summed E-state index contributed by atoms with van der Waals surface area (Å²) in [6.45, 7) is 0. The van der Waals surface area contributed by atoms with Crippen LogP contribution in [0.1, 0.15) is 21.7 Å². The number of furan rings is 1. The molecule has 0 spiro atoms. The van der Waals surface area contributed by atoms with Crippen LogP contribution in [-0.4, -0.2) is 17.0 Å². The average molecular weight is 427 g/mol. The Morgan fingerprint density at radius 3 is 2.41 bits per heavy atom. The maximum atomic E-state index is 12.2. The number of carbonyl (C=O) groups is 2. The Labute approximate surface area is 175 Å². The second kappa shape index (κ2) is 7.62. The van der Waals surface area contributed by atoms with Crippen LogP contribution < -0.4 is 0 Å². The van der Waals surface area contributed by atoms with Crippen LogP contribution in [0.15, 0.2) is 70.7 Å². The van der Waals surface area contributed by atoms with Crippen molar-refractivity contribution in [2.45, 2.75) is 0 Å². The number of esters is 1. The smallest absolute Gasteiger partial charge is 0.343 e. The van der Waals surface area contributed by atoms with E-state index in [1.807, 2.05) is 0 Å². The highest BCUT2D eigenvalue weighted by Gasteiger charge is 2.22. The molecule has 1 aliphatic heterocycles. The quantitative estimate of drug-likeness (QED) is 0.412. The number of carboxylic acids is 1. The maximum absolute atomic E-state index is 12.2. The number of halogens is 2. The minimum absolute atomic E-state index is 0.0182. The number of hydrogen-bond donors (Lipinski definition) is 1. The van der Waals surface area contributed by atoms with Crippen LogP contribution in [0.25, 0.3) is 23.2 Å². The molecule has 0 radical (unpaired) electrons. The van der Waals surface area contributed by atoms with Crippen molar-refractivity contribution in [1.82, 2.24) is 0 Å². The number of carbonyl (C=O) groups excluding carboxylic acids is 1. The normalized spacial score (nSPS) is 14.8. The van der Waals surface area contributed by atoms with Gasteiger partial charge in [0.2, 0.25) is 0 Å². The molecule has 0 aliphatic carbocycles. The summed E-state index contributed by atoms with van der Waals surface area (Å²) in [4.78, 5) is 23.4. The highest BCUT2D eigenvalue weighted by atomic mass is 35.5. The van der Waals surface area contributed by atoms with Crippen molar-refractivity contribution < 1.29 is 23.8 Å². The predicted octanol–water partition coefficient (Wildman–Crippen LogP) is 5.93. The minimum atomic E-state index is -1.13. The fourth-order valence-electron chi connectivity index (χ4n) is 2.83. The number of benzene rings is 2. The molecule has 4 rings (SSSR count). The van der Waals surface area contributed by atoms with Crippen molar-refractivity contribution in [3.05, 3.63) is 93.2 Å². The molecule has 1 aliphatic rings. The Hall–Kier alpha value is -3.28. The summed E-state index contributed by atoms with van der Waals surface area (Å²) in [5.41, 5.74) is 1.60. The summed E-state index contributed by atoms with van der Waals surface area (Å²) < 4.78 is 11.1. The Balaban J connectivity index is 1.62. The summed E-state index contributed by atoms with van der Waals surface area (Å²) in [6, 6.07) is 14.9. The number of rotatable bonds is 4. The molecule has 0 unspecified atom stereocenters. The van der Waals surface area contributed by atoms with Gasteiger partial charge in [0.1, 0.15) is 17.3 Å². The van der Waals surface area contributed by atoms with Gasteiger partial charge >= 0.3 is 11.9 Å². The van der Waals surface area contributed by atoms with Gasteiger partial charge < -0.3 is 14.3 Å². The Morgan fingerprint density at radius 1 is 0.966 bits per heavy atom. The average Bonchev–Trinajstić information content (AvgIpc) is 3.30. The van der Waals surface area contributed by atoms with Crippen LogP contribution in [0.5, 0.6) is 0 Å². The molecule has 144 valence electrons. The molecular formula is C22H12Cl2O5. The number of aromatic carboxylic acids is 1. The van der Waals surface area contributed by atoms with E-state index in [0.29, 0.717) is 33.4 Å². The molecule has 0 saturated heterocycles. The first-order valence-electron chi connectivity index (χ1n) is 8.45. The molecule has 7 heteroatoms. The van der Waals surface area contributed by atoms with Crippen molar-refractivity contribution in [1.29, 1.82) is 0 Å². The highest BCUT2D eigenvalue weighted by molar-refractivity contribution is 6.33. The summed E-state index contributed by atoms with van der Waals surface area (Å²) in [5.74, 6) is -0.322. The van der Waals surface area contributed by atoms with Gasteiger partial charge in [-0.05, 0) is 66.7 Å².